The average Bonchev–Trinajstić information content (AvgIpc) is 2.62. The largest absolute Gasteiger partial charge is 0.480 e. The summed E-state index contributed by atoms with van der Waals surface area (Å²) in [7, 11) is 0. The highest BCUT2D eigenvalue weighted by Gasteiger charge is 2.23. The first-order valence-electron chi connectivity index (χ1n) is 8.60. The minimum Gasteiger partial charge on any atom is -0.480 e. The normalized spacial score (nSPS) is 13.7. The van der Waals surface area contributed by atoms with Crippen LogP contribution in [0.1, 0.15) is 26.7 Å². The predicted octanol–water partition coefficient (Wildman–Crippen LogP) is -1.20. The van der Waals surface area contributed by atoms with Gasteiger partial charge in [-0.05, 0) is 13.3 Å². The minimum atomic E-state index is -1.24. The van der Waals surface area contributed by atoms with Crippen molar-refractivity contribution in [2.24, 2.45) is 11.7 Å². The summed E-state index contributed by atoms with van der Waals surface area (Å²) in [5, 5.41) is 22.0. The summed E-state index contributed by atoms with van der Waals surface area (Å²) < 4.78 is 4.89. The first-order valence-corrected chi connectivity index (χ1v) is 9.75. The van der Waals surface area contributed by atoms with Crippen LogP contribution in [0.5, 0.6) is 0 Å². The molecule has 3 unspecified atom stereocenters. The SMILES string of the molecule is CCOC(=O)C(C)CSCC(NC(=O)CCC(N)C(=O)O)C(=O)NCC(=O)O. The van der Waals surface area contributed by atoms with E-state index < -0.39 is 48.3 Å². The molecule has 2 amide bonds. The van der Waals surface area contributed by atoms with Crippen molar-refractivity contribution in [3.63, 3.8) is 0 Å². The van der Waals surface area contributed by atoms with Gasteiger partial charge in [0.25, 0.3) is 0 Å². The van der Waals surface area contributed by atoms with Crippen LogP contribution >= 0.6 is 11.8 Å². The second kappa shape index (κ2) is 13.8. The lowest BCUT2D eigenvalue weighted by atomic mass is 10.1. The zero-order valence-electron chi connectivity index (χ0n) is 15.8. The third-order valence-electron chi connectivity index (χ3n) is 3.41. The van der Waals surface area contributed by atoms with Crippen LogP contribution in [0.3, 0.4) is 0 Å². The standard InChI is InChI=1S/C16H27N3O8S/c1-3-27-16(26)9(2)7-28-8-11(14(23)18-6-13(21)22)19-12(20)5-4-10(17)15(24)25/h9-11H,3-8,17H2,1-2H3,(H,18,23)(H,19,20)(H,21,22)(H,24,25). The van der Waals surface area contributed by atoms with Crippen LogP contribution in [0.4, 0.5) is 0 Å². The molecule has 0 aromatic carbocycles. The van der Waals surface area contributed by atoms with Gasteiger partial charge in [-0.25, -0.2) is 0 Å². The average molecular weight is 421 g/mol. The second-order valence-corrected chi connectivity index (χ2v) is 6.98. The summed E-state index contributed by atoms with van der Waals surface area (Å²) in [6.07, 6.45) is -0.322. The summed E-state index contributed by atoms with van der Waals surface area (Å²) in [6.45, 7) is 2.99. The summed E-state index contributed by atoms with van der Waals surface area (Å²) >= 11 is 1.21. The van der Waals surface area contributed by atoms with Crippen LogP contribution in [0.25, 0.3) is 0 Å². The number of rotatable bonds is 14. The summed E-state index contributed by atoms with van der Waals surface area (Å²) in [6, 6.07) is -2.25. The van der Waals surface area contributed by atoms with Gasteiger partial charge in [-0.15, -0.1) is 0 Å². The lowest BCUT2D eigenvalue weighted by molar-refractivity contribution is -0.146. The van der Waals surface area contributed by atoms with Crippen LogP contribution in [0.15, 0.2) is 0 Å². The van der Waals surface area contributed by atoms with Crippen molar-refractivity contribution >= 4 is 41.5 Å². The Morgan fingerprint density at radius 3 is 2.32 bits per heavy atom. The van der Waals surface area contributed by atoms with Gasteiger partial charge in [-0.3, -0.25) is 24.0 Å². The van der Waals surface area contributed by atoms with E-state index in [1.165, 1.54) is 11.8 Å². The third kappa shape index (κ3) is 11.4. The van der Waals surface area contributed by atoms with Crippen molar-refractivity contribution in [3.8, 4) is 0 Å². The minimum absolute atomic E-state index is 0.0892. The first kappa shape index (κ1) is 25.7. The van der Waals surface area contributed by atoms with E-state index in [1.54, 1.807) is 13.8 Å². The fourth-order valence-corrected chi connectivity index (χ4v) is 2.96. The van der Waals surface area contributed by atoms with Crippen LogP contribution in [0.2, 0.25) is 0 Å². The molecule has 0 rings (SSSR count). The Morgan fingerprint density at radius 2 is 1.79 bits per heavy atom. The number of aliphatic carboxylic acids is 2. The van der Waals surface area contributed by atoms with Crippen molar-refractivity contribution in [2.45, 2.75) is 38.8 Å². The number of esters is 1. The quantitative estimate of drug-likeness (QED) is 0.213. The lowest BCUT2D eigenvalue weighted by Crippen LogP contribution is -2.49. The topological polar surface area (TPSA) is 185 Å². The predicted molar refractivity (Wildman–Crippen MR) is 101 cm³/mol. The molecule has 6 N–H and O–H groups in total. The number of carbonyl (C=O) groups is 5. The number of carbonyl (C=O) groups excluding carboxylic acids is 3. The molecule has 0 saturated carbocycles. The maximum atomic E-state index is 12.1. The number of carboxylic acid groups (broad SMARTS) is 2. The Hall–Kier alpha value is -2.34. The van der Waals surface area contributed by atoms with Crippen LogP contribution < -0.4 is 16.4 Å². The lowest BCUT2D eigenvalue weighted by Gasteiger charge is -2.19. The molecule has 0 heterocycles. The molecule has 11 nitrogen and oxygen atoms in total. The Labute approximate surface area is 166 Å². The molecule has 0 saturated heterocycles. The Kier molecular flexibility index (Phi) is 12.6. The molecule has 0 aliphatic rings. The molecule has 0 aromatic rings. The Balaban J connectivity index is 4.71. The van der Waals surface area contributed by atoms with Crippen molar-refractivity contribution in [2.75, 3.05) is 24.7 Å². The summed E-state index contributed by atoms with van der Waals surface area (Å²) in [5.74, 6) is -4.15. The van der Waals surface area contributed by atoms with Crippen LogP contribution in [-0.2, 0) is 28.7 Å². The number of hydrogen-bond acceptors (Lipinski definition) is 8. The van der Waals surface area contributed by atoms with Gasteiger partial charge in [0.2, 0.25) is 11.8 Å². The fourth-order valence-electron chi connectivity index (χ4n) is 1.86. The molecular weight excluding hydrogens is 394 g/mol. The van der Waals surface area contributed by atoms with Crippen LogP contribution in [-0.4, -0.2) is 76.7 Å². The van der Waals surface area contributed by atoms with Gasteiger partial charge < -0.3 is 31.3 Å². The van der Waals surface area contributed by atoms with E-state index >= 15 is 0 Å². The molecule has 0 spiro atoms. The number of ether oxygens (including phenoxy) is 1. The maximum Gasteiger partial charge on any atom is 0.322 e. The molecule has 0 aliphatic heterocycles. The Bertz CT molecular complexity index is 572. The van der Waals surface area contributed by atoms with E-state index in [0.29, 0.717) is 5.75 Å². The van der Waals surface area contributed by atoms with E-state index in [2.05, 4.69) is 10.6 Å². The fraction of sp³-hybridized carbons (Fsp3) is 0.688. The monoisotopic (exact) mass is 421 g/mol. The van der Waals surface area contributed by atoms with Crippen molar-refractivity contribution in [1.29, 1.82) is 0 Å². The van der Waals surface area contributed by atoms with Gasteiger partial charge in [0.15, 0.2) is 0 Å². The zero-order valence-corrected chi connectivity index (χ0v) is 16.6. The van der Waals surface area contributed by atoms with Crippen LogP contribution in [0, 0.1) is 5.92 Å². The van der Waals surface area contributed by atoms with Gasteiger partial charge in [-0.2, -0.15) is 11.8 Å². The molecule has 160 valence electrons. The van der Waals surface area contributed by atoms with E-state index in [1.807, 2.05) is 0 Å². The molecular formula is C16H27N3O8S. The van der Waals surface area contributed by atoms with Gasteiger partial charge in [0.05, 0.1) is 12.5 Å². The third-order valence-corrected chi connectivity index (χ3v) is 4.71. The van der Waals surface area contributed by atoms with E-state index in [4.69, 9.17) is 20.7 Å². The number of nitrogens with one attached hydrogen (secondary N) is 2. The molecule has 12 heteroatoms. The van der Waals surface area contributed by atoms with Crippen molar-refractivity contribution in [3.05, 3.63) is 0 Å². The summed E-state index contributed by atoms with van der Waals surface area (Å²) in [5.41, 5.74) is 5.33. The van der Waals surface area contributed by atoms with Crippen molar-refractivity contribution in [1.82, 2.24) is 10.6 Å². The molecule has 0 aliphatic carbocycles. The maximum absolute atomic E-state index is 12.1. The van der Waals surface area contributed by atoms with Gasteiger partial charge in [0.1, 0.15) is 18.6 Å². The molecule has 28 heavy (non-hydrogen) atoms. The van der Waals surface area contributed by atoms with E-state index in [-0.39, 0.29) is 31.2 Å². The Morgan fingerprint density at radius 1 is 1.14 bits per heavy atom. The number of thioether (sulfide) groups is 1. The number of nitrogens with two attached hydrogens (primary N) is 1. The van der Waals surface area contributed by atoms with E-state index in [9.17, 15) is 24.0 Å². The molecule has 0 aromatic heterocycles. The van der Waals surface area contributed by atoms with Gasteiger partial charge in [0, 0.05) is 17.9 Å². The molecule has 0 radical (unpaired) electrons. The number of amides is 2. The highest BCUT2D eigenvalue weighted by molar-refractivity contribution is 7.99. The molecule has 0 bridgehead atoms. The molecule has 0 fully saturated rings. The van der Waals surface area contributed by atoms with E-state index in [0.717, 1.165) is 0 Å². The zero-order chi connectivity index (χ0) is 21.7. The number of hydrogen-bond donors (Lipinski definition) is 5. The van der Waals surface area contributed by atoms with Gasteiger partial charge >= 0.3 is 17.9 Å². The number of carboxylic acids is 2. The summed E-state index contributed by atoms with van der Waals surface area (Å²) in [4.78, 5) is 57.0. The highest BCUT2D eigenvalue weighted by Crippen LogP contribution is 2.12. The smallest absolute Gasteiger partial charge is 0.322 e. The molecule has 3 atom stereocenters. The second-order valence-electron chi connectivity index (χ2n) is 5.91. The van der Waals surface area contributed by atoms with Crippen molar-refractivity contribution < 1.29 is 38.9 Å². The van der Waals surface area contributed by atoms with Gasteiger partial charge in [-0.1, -0.05) is 6.92 Å². The first-order chi connectivity index (χ1) is 13.1. The highest BCUT2D eigenvalue weighted by atomic mass is 32.2.